The van der Waals surface area contributed by atoms with Crippen molar-refractivity contribution >= 4 is 17.1 Å². The average Bonchev–Trinajstić information content (AvgIpc) is 3.21. The van der Waals surface area contributed by atoms with Gasteiger partial charge in [-0.1, -0.05) is 42.5 Å². The second kappa shape index (κ2) is 9.03. The molecule has 0 spiro atoms. The summed E-state index contributed by atoms with van der Waals surface area (Å²) in [6, 6.07) is 26.5. The van der Waals surface area contributed by atoms with Crippen molar-refractivity contribution in [1.82, 2.24) is 4.90 Å². The summed E-state index contributed by atoms with van der Waals surface area (Å²) in [5.74, 6) is 0.979. The lowest BCUT2D eigenvalue weighted by Gasteiger charge is -2.32. The summed E-state index contributed by atoms with van der Waals surface area (Å²) < 4.78 is 6.16. The number of hydrogen-bond acceptors (Lipinski definition) is 4. The van der Waals surface area contributed by atoms with Crippen LogP contribution < -0.4 is 15.0 Å². The van der Waals surface area contributed by atoms with E-state index in [1.807, 2.05) is 7.05 Å². The van der Waals surface area contributed by atoms with E-state index in [1.54, 1.807) is 0 Å². The number of rotatable bonds is 6. The predicted octanol–water partition coefficient (Wildman–Crippen LogP) is 5.47. The average molecular weight is 414 g/mol. The molecule has 160 valence electrons. The number of fused-ring (bicyclic) bond motifs is 2. The molecule has 1 atom stereocenters. The van der Waals surface area contributed by atoms with E-state index in [2.05, 4.69) is 87.9 Å². The first-order valence-electron chi connectivity index (χ1n) is 11.4. The van der Waals surface area contributed by atoms with Crippen molar-refractivity contribution in [2.45, 2.75) is 31.9 Å². The lowest BCUT2D eigenvalue weighted by atomic mass is 10.1. The van der Waals surface area contributed by atoms with Crippen LogP contribution in [0.1, 0.15) is 24.0 Å². The van der Waals surface area contributed by atoms with E-state index in [-0.39, 0.29) is 0 Å². The quantitative estimate of drug-likeness (QED) is 0.580. The van der Waals surface area contributed by atoms with Crippen LogP contribution in [-0.4, -0.2) is 37.6 Å². The minimum Gasteiger partial charge on any atom is -0.487 e. The third kappa shape index (κ3) is 4.26. The number of anilines is 3. The van der Waals surface area contributed by atoms with Gasteiger partial charge in [-0.3, -0.25) is 4.90 Å². The first-order chi connectivity index (χ1) is 15.3. The Bertz CT molecular complexity index is 987. The van der Waals surface area contributed by atoms with Gasteiger partial charge in [0.05, 0.1) is 5.69 Å². The van der Waals surface area contributed by atoms with Crippen LogP contribution in [0.3, 0.4) is 0 Å². The Balaban J connectivity index is 1.36. The van der Waals surface area contributed by atoms with Crippen LogP contribution in [0, 0.1) is 0 Å². The van der Waals surface area contributed by atoms with Gasteiger partial charge in [0.2, 0.25) is 0 Å². The fraction of sp³-hybridized carbons (Fsp3) is 0.333. The van der Waals surface area contributed by atoms with Gasteiger partial charge in [0.1, 0.15) is 12.4 Å². The van der Waals surface area contributed by atoms with E-state index in [0.717, 1.165) is 25.3 Å². The van der Waals surface area contributed by atoms with Crippen molar-refractivity contribution in [3.05, 3.63) is 83.9 Å². The highest BCUT2D eigenvalue weighted by Crippen LogP contribution is 2.40. The predicted molar refractivity (Wildman–Crippen MR) is 129 cm³/mol. The molecule has 2 aliphatic rings. The summed E-state index contributed by atoms with van der Waals surface area (Å²) in [5.41, 5.74) is 6.30. The molecule has 0 radical (unpaired) electrons. The molecule has 0 saturated carbocycles. The monoisotopic (exact) mass is 413 g/mol. The Morgan fingerprint density at radius 2 is 1.81 bits per heavy atom. The number of likely N-dealkylation sites (tertiary alicyclic amines) is 1. The second-order valence-corrected chi connectivity index (χ2v) is 8.53. The smallest absolute Gasteiger partial charge is 0.143 e. The molecule has 1 N–H and O–H groups in total. The molecule has 0 aliphatic carbocycles. The summed E-state index contributed by atoms with van der Waals surface area (Å²) in [4.78, 5) is 5.17. The molecule has 1 fully saturated rings. The van der Waals surface area contributed by atoms with E-state index >= 15 is 0 Å². The topological polar surface area (TPSA) is 27.7 Å². The number of hydrogen-bond donors (Lipinski definition) is 1. The van der Waals surface area contributed by atoms with Crippen LogP contribution in [0.25, 0.3) is 0 Å². The number of benzene rings is 3. The van der Waals surface area contributed by atoms with Crippen LogP contribution >= 0.6 is 0 Å². The maximum Gasteiger partial charge on any atom is 0.143 e. The standard InChI is InChI=1S/C27H31N3O/c1-28-23-10-6-8-21(18-23)15-17-29-16-7-11-24(29)19-30-25-12-3-2-9-22(25)20-31-27-14-5-4-13-26(27)30/h2-6,8-10,12-14,18,24,28H,7,11,15-17,19-20H2,1H3. The lowest BCUT2D eigenvalue weighted by molar-refractivity contribution is 0.261. The van der Waals surface area contributed by atoms with Crippen LogP contribution in [0.5, 0.6) is 5.75 Å². The van der Waals surface area contributed by atoms with Crippen molar-refractivity contribution < 1.29 is 4.74 Å². The highest BCUT2D eigenvalue weighted by molar-refractivity contribution is 5.72. The Kier molecular flexibility index (Phi) is 5.81. The molecular weight excluding hydrogens is 382 g/mol. The van der Waals surface area contributed by atoms with Gasteiger partial charge in [0.15, 0.2) is 0 Å². The molecule has 3 aromatic carbocycles. The van der Waals surface area contributed by atoms with E-state index in [9.17, 15) is 0 Å². The Morgan fingerprint density at radius 1 is 0.968 bits per heavy atom. The molecule has 2 heterocycles. The zero-order valence-corrected chi connectivity index (χ0v) is 18.3. The number of nitrogens with zero attached hydrogens (tertiary/aromatic N) is 2. The van der Waals surface area contributed by atoms with Gasteiger partial charge >= 0.3 is 0 Å². The molecule has 0 aromatic heterocycles. The minimum absolute atomic E-state index is 0.548. The van der Waals surface area contributed by atoms with Crippen LogP contribution in [0.4, 0.5) is 17.1 Å². The molecule has 4 heteroatoms. The Morgan fingerprint density at radius 3 is 2.71 bits per heavy atom. The van der Waals surface area contributed by atoms with Crippen molar-refractivity contribution in [3.63, 3.8) is 0 Å². The molecule has 0 amide bonds. The SMILES string of the molecule is CNc1cccc(CCN2CCCC2CN2c3ccccc3COc3ccccc32)c1. The fourth-order valence-corrected chi connectivity index (χ4v) is 4.94. The highest BCUT2D eigenvalue weighted by atomic mass is 16.5. The van der Waals surface area contributed by atoms with Gasteiger partial charge < -0.3 is 15.0 Å². The molecule has 5 rings (SSSR count). The normalized spacial score (nSPS) is 18.1. The van der Waals surface area contributed by atoms with Crippen molar-refractivity contribution in [3.8, 4) is 5.75 Å². The fourth-order valence-electron chi connectivity index (χ4n) is 4.94. The van der Waals surface area contributed by atoms with Gasteiger partial charge in [0, 0.05) is 43.1 Å². The summed E-state index contributed by atoms with van der Waals surface area (Å²) in [6.07, 6.45) is 3.61. The molecule has 1 unspecified atom stereocenters. The Labute approximate surface area is 185 Å². The third-order valence-electron chi connectivity index (χ3n) is 6.62. The molecular formula is C27H31N3O. The van der Waals surface area contributed by atoms with Crippen molar-refractivity contribution in [2.75, 3.05) is 36.9 Å². The largest absolute Gasteiger partial charge is 0.487 e. The van der Waals surface area contributed by atoms with E-state index < -0.39 is 0 Å². The molecule has 1 saturated heterocycles. The summed E-state index contributed by atoms with van der Waals surface area (Å²) >= 11 is 0. The zero-order chi connectivity index (χ0) is 21.0. The van der Waals surface area contributed by atoms with Gasteiger partial charge in [0.25, 0.3) is 0 Å². The highest BCUT2D eigenvalue weighted by Gasteiger charge is 2.29. The van der Waals surface area contributed by atoms with E-state index in [1.165, 1.54) is 47.6 Å². The first kappa shape index (κ1) is 20.0. The summed E-state index contributed by atoms with van der Waals surface area (Å²) in [7, 11) is 1.98. The van der Waals surface area contributed by atoms with Gasteiger partial charge in [-0.05, 0) is 61.7 Å². The molecule has 31 heavy (non-hydrogen) atoms. The van der Waals surface area contributed by atoms with Gasteiger partial charge in [-0.15, -0.1) is 0 Å². The lowest BCUT2D eigenvalue weighted by Crippen LogP contribution is -2.39. The molecule has 4 nitrogen and oxygen atoms in total. The minimum atomic E-state index is 0.548. The maximum absolute atomic E-state index is 6.16. The zero-order valence-electron chi connectivity index (χ0n) is 18.3. The summed E-state index contributed by atoms with van der Waals surface area (Å²) in [5, 5.41) is 3.25. The van der Waals surface area contributed by atoms with Crippen molar-refractivity contribution in [1.29, 1.82) is 0 Å². The maximum atomic E-state index is 6.16. The van der Waals surface area contributed by atoms with Crippen LogP contribution in [-0.2, 0) is 13.0 Å². The van der Waals surface area contributed by atoms with Gasteiger partial charge in [-0.25, -0.2) is 0 Å². The summed E-state index contributed by atoms with van der Waals surface area (Å²) in [6.45, 7) is 3.91. The molecule has 2 aliphatic heterocycles. The van der Waals surface area contributed by atoms with Crippen molar-refractivity contribution in [2.24, 2.45) is 0 Å². The molecule has 3 aromatic rings. The Hall–Kier alpha value is -2.98. The number of nitrogens with one attached hydrogen (secondary N) is 1. The van der Waals surface area contributed by atoms with E-state index in [0.29, 0.717) is 12.6 Å². The van der Waals surface area contributed by atoms with E-state index in [4.69, 9.17) is 4.74 Å². The molecule has 0 bridgehead atoms. The second-order valence-electron chi connectivity index (χ2n) is 8.53. The van der Waals surface area contributed by atoms with Gasteiger partial charge in [-0.2, -0.15) is 0 Å². The number of ether oxygens (including phenoxy) is 1. The van der Waals surface area contributed by atoms with Crippen LogP contribution in [0.2, 0.25) is 0 Å². The first-order valence-corrected chi connectivity index (χ1v) is 11.4. The van der Waals surface area contributed by atoms with Crippen LogP contribution in [0.15, 0.2) is 72.8 Å². The third-order valence-corrected chi connectivity index (χ3v) is 6.62. The number of para-hydroxylation sites is 3.